The number of thiazole rings is 1. The largest absolute Gasteiger partial charge is 0.468 e. The molecule has 1 atom stereocenters. The maximum Gasteiger partial charge on any atom is 0.191 e. The minimum atomic E-state index is 0.218. The fourth-order valence-corrected chi connectivity index (χ4v) is 4.83. The highest BCUT2D eigenvalue weighted by Crippen LogP contribution is 2.28. The average Bonchev–Trinajstić information content (AvgIpc) is 3.54. The first-order valence-electron chi connectivity index (χ1n) is 10.5. The molecule has 1 saturated heterocycles. The summed E-state index contributed by atoms with van der Waals surface area (Å²) in [6.07, 6.45) is 4.25. The van der Waals surface area contributed by atoms with E-state index in [0.29, 0.717) is 6.54 Å². The van der Waals surface area contributed by atoms with Crippen LogP contribution in [0.5, 0.6) is 0 Å². The van der Waals surface area contributed by atoms with Crippen molar-refractivity contribution < 1.29 is 4.42 Å². The van der Waals surface area contributed by atoms with Crippen LogP contribution < -0.4 is 10.6 Å². The topological polar surface area (TPSA) is 65.7 Å². The van der Waals surface area contributed by atoms with E-state index in [2.05, 4.69) is 45.6 Å². The molecule has 0 radical (unpaired) electrons. The van der Waals surface area contributed by atoms with Crippen LogP contribution in [0.1, 0.15) is 35.2 Å². The summed E-state index contributed by atoms with van der Waals surface area (Å²) in [6, 6.07) is 14.6. The number of hydrogen-bond donors (Lipinski definition) is 2. The third-order valence-electron chi connectivity index (χ3n) is 5.47. The molecular weight excluding hydrogens is 394 g/mol. The molecule has 0 bridgehead atoms. The zero-order valence-corrected chi connectivity index (χ0v) is 18.4. The Bertz CT molecular complexity index is 945. The molecule has 30 heavy (non-hydrogen) atoms. The fraction of sp³-hybridized carbons (Fsp3) is 0.391. The van der Waals surface area contributed by atoms with Crippen molar-refractivity contribution in [1.29, 1.82) is 0 Å². The van der Waals surface area contributed by atoms with Gasteiger partial charge in [0, 0.05) is 24.0 Å². The second kappa shape index (κ2) is 9.91. The van der Waals surface area contributed by atoms with Gasteiger partial charge in [-0.05, 0) is 45.0 Å². The van der Waals surface area contributed by atoms with Crippen LogP contribution in [-0.2, 0) is 6.54 Å². The summed E-state index contributed by atoms with van der Waals surface area (Å²) in [7, 11) is 1.81. The number of nitrogens with one attached hydrogen (secondary N) is 2. The van der Waals surface area contributed by atoms with E-state index in [0.717, 1.165) is 47.6 Å². The summed E-state index contributed by atoms with van der Waals surface area (Å²) in [5, 5.41) is 7.98. The average molecular weight is 424 g/mol. The normalized spacial score (nSPS) is 16.0. The Labute approximate surface area is 182 Å². The van der Waals surface area contributed by atoms with Gasteiger partial charge in [0.25, 0.3) is 0 Å². The van der Waals surface area contributed by atoms with Gasteiger partial charge in [0.05, 0.1) is 24.5 Å². The van der Waals surface area contributed by atoms with Crippen molar-refractivity contribution >= 4 is 17.3 Å². The summed E-state index contributed by atoms with van der Waals surface area (Å²) in [6.45, 7) is 5.74. The predicted octanol–water partition coefficient (Wildman–Crippen LogP) is 4.21. The number of aliphatic imine (C=N–C) groups is 1. The molecule has 7 heteroatoms. The third kappa shape index (κ3) is 4.91. The number of rotatable bonds is 7. The van der Waals surface area contributed by atoms with Gasteiger partial charge in [-0.3, -0.25) is 9.89 Å². The van der Waals surface area contributed by atoms with Crippen LogP contribution in [0, 0.1) is 6.92 Å². The SMILES string of the molecule is CN=C(NCc1sc(-c2ccccc2)nc1C)NCC(c1ccco1)N1CCCC1. The number of guanidine groups is 1. The molecule has 1 unspecified atom stereocenters. The van der Waals surface area contributed by atoms with E-state index in [1.54, 1.807) is 17.6 Å². The molecule has 1 aliphatic heterocycles. The number of aryl methyl sites for hydroxylation is 1. The standard InChI is InChI=1S/C23H29N5OS/c1-17-21(30-22(27-17)18-9-4-3-5-10-18)16-26-23(24-2)25-15-19(20-11-8-14-29-20)28-12-6-7-13-28/h3-5,8-11,14,19H,6-7,12-13,15-16H2,1-2H3,(H2,24,25,26). The van der Waals surface area contributed by atoms with E-state index in [1.807, 2.05) is 31.3 Å². The van der Waals surface area contributed by atoms with E-state index >= 15 is 0 Å². The van der Waals surface area contributed by atoms with Gasteiger partial charge < -0.3 is 15.1 Å². The van der Waals surface area contributed by atoms with Crippen LogP contribution >= 0.6 is 11.3 Å². The van der Waals surface area contributed by atoms with Gasteiger partial charge in [0.1, 0.15) is 10.8 Å². The highest BCUT2D eigenvalue weighted by Gasteiger charge is 2.25. The van der Waals surface area contributed by atoms with E-state index in [9.17, 15) is 0 Å². The number of benzene rings is 1. The lowest BCUT2D eigenvalue weighted by molar-refractivity contribution is 0.215. The van der Waals surface area contributed by atoms with E-state index in [-0.39, 0.29) is 6.04 Å². The van der Waals surface area contributed by atoms with Crippen molar-refractivity contribution in [3.8, 4) is 10.6 Å². The van der Waals surface area contributed by atoms with Gasteiger partial charge in [0.2, 0.25) is 0 Å². The van der Waals surface area contributed by atoms with E-state index < -0.39 is 0 Å². The summed E-state index contributed by atoms with van der Waals surface area (Å²) >= 11 is 1.73. The van der Waals surface area contributed by atoms with Gasteiger partial charge in [0.15, 0.2) is 5.96 Å². The zero-order chi connectivity index (χ0) is 20.8. The molecule has 3 heterocycles. The van der Waals surface area contributed by atoms with Gasteiger partial charge >= 0.3 is 0 Å². The van der Waals surface area contributed by atoms with E-state index in [4.69, 9.17) is 9.40 Å². The van der Waals surface area contributed by atoms with Crippen molar-refractivity contribution in [1.82, 2.24) is 20.5 Å². The van der Waals surface area contributed by atoms with Crippen LogP contribution in [0.3, 0.4) is 0 Å². The van der Waals surface area contributed by atoms with Crippen molar-refractivity contribution in [2.75, 3.05) is 26.7 Å². The van der Waals surface area contributed by atoms with Crippen molar-refractivity contribution in [3.63, 3.8) is 0 Å². The number of furan rings is 1. The van der Waals surface area contributed by atoms with Crippen molar-refractivity contribution in [2.24, 2.45) is 4.99 Å². The first-order valence-corrected chi connectivity index (χ1v) is 11.3. The molecule has 2 aromatic heterocycles. The molecule has 0 spiro atoms. The second-order valence-electron chi connectivity index (χ2n) is 7.47. The molecule has 1 aliphatic rings. The van der Waals surface area contributed by atoms with Crippen LogP contribution in [0.4, 0.5) is 0 Å². The molecule has 6 nitrogen and oxygen atoms in total. The molecule has 4 rings (SSSR count). The van der Waals surface area contributed by atoms with Crippen LogP contribution in [-0.4, -0.2) is 42.5 Å². The Hall–Kier alpha value is -2.64. The Balaban J connectivity index is 1.36. The third-order valence-corrected chi connectivity index (χ3v) is 6.68. The lowest BCUT2D eigenvalue weighted by Gasteiger charge is -2.26. The molecule has 1 fully saturated rings. The van der Waals surface area contributed by atoms with E-state index in [1.165, 1.54) is 17.7 Å². The van der Waals surface area contributed by atoms with Crippen LogP contribution in [0.15, 0.2) is 58.1 Å². The molecule has 1 aromatic carbocycles. The quantitative estimate of drug-likeness (QED) is 0.440. The lowest BCUT2D eigenvalue weighted by Crippen LogP contribution is -2.42. The van der Waals surface area contributed by atoms with Gasteiger partial charge in [-0.15, -0.1) is 11.3 Å². The smallest absolute Gasteiger partial charge is 0.191 e. The van der Waals surface area contributed by atoms with Gasteiger partial charge in [-0.1, -0.05) is 30.3 Å². The second-order valence-corrected chi connectivity index (χ2v) is 8.56. The molecule has 3 aromatic rings. The van der Waals surface area contributed by atoms with Crippen molar-refractivity contribution in [2.45, 2.75) is 32.4 Å². The molecule has 0 aliphatic carbocycles. The molecule has 0 saturated carbocycles. The molecular formula is C23H29N5OS. The summed E-state index contributed by atoms with van der Waals surface area (Å²) in [5.74, 6) is 1.80. The number of likely N-dealkylation sites (tertiary alicyclic amines) is 1. The summed E-state index contributed by atoms with van der Waals surface area (Å²) in [5.41, 5.74) is 2.22. The monoisotopic (exact) mass is 423 g/mol. The minimum Gasteiger partial charge on any atom is -0.468 e. The number of nitrogens with zero attached hydrogens (tertiary/aromatic N) is 3. The minimum absolute atomic E-state index is 0.218. The molecule has 158 valence electrons. The lowest BCUT2D eigenvalue weighted by atomic mass is 10.2. The highest BCUT2D eigenvalue weighted by atomic mass is 32.1. The number of hydrogen-bond acceptors (Lipinski definition) is 5. The van der Waals surface area contributed by atoms with Gasteiger partial charge in [-0.25, -0.2) is 4.98 Å². The zero-order valence-electron chi connectivity index (χ0n) is 17.6. The first-order chi connectivity index (χ1) is 14.7. The maximum atomic E-state index is 5.72. The Morgan fingerprint density at radius 2 is 1.97 bits per heavy atom. The Morgan fingerprint density at radius 3 is 2.67 bits per heavy atom. The maximum absolute atomic E-state index is 5.72. The van der Waals surface area contributed by atoms with Crippen LogP contribution in [0.2, 0.25) is 0 Å². The van der Waals surface area contributed by atoms with Gasteiger partial charge in [-0.2, -0.15) is 0 Å². The van der Waals surface area contributed by atoms with Crippen molar-refractivity contribution in [3.05, 3.63) is 65.1 Å². The number of aromatic nitrogens is 1. The molecule has 0 amide bonds. The fourth-order valence-electron chi connectivity index (χ4n) is 3.82. The Kier molecular flexibility index (Phi) is 6.81. The Morgan fingerprint density at radius 1 is 1.17 bits per heavy atom. The highest BCUT2D eigenvalue weighted by molar-refractivity contribution is 7.15. The summed E-state index contributed by atoms with van der Waals surface area (Å²) < 4.78 is 5.72. The summed E-state index contributed by atoms with van der Waals surface area (Å²) in [4.78, 5) is 12.9. The molecule has 2 N–H and O–H groups in total. The first kappa shape index (κ1) is 20.6. The van der Waals surface area contributed by atoms with Crippen LogP contribution in [0.25, 0.3) is 10.6 Å². The predicted molar refractivity (Wildman–Crippen MR) is 123 cm³/mol.